The Labute approximate surface area is 333 Å². The zero-order valence-electron chi connectivity index (χ0n) is 31.4. The number of hydrogen-bond donors (Lipinski definition) is 5. The summed E-state index contributed by atoms with van der Waals surface area (Å²) in [4.78, 5) is 71.8. The fraction of sp³-hybridized carbons (Fsp3) is 0.500. The Kier molecular flexibility index (Phi) is 10.7. The molecule has 0 radical (unpaired) electrons. The Hall–Kier alpha value is -5.08. The van der Waals surface area contributed by atoms with Crippen LogP contribution in [0.3, 0.4) is 0 Å². The molecule has 20 heteroatoms. The molecule has 0 spiro atoms. The van der Waals surface area contributed by atoms with Crippen LogP contribution in [0, 0.1) is 17.6 Å². The number of amides is 6. The molecule has 1 unspecified atom stereocenters. The molecule has 4 heterocycles. The summed E-state index contributed by atoms with van der Waals surface area (Å²) < 4.78 is 68.2. The Balaban J connectivity index is 1.04. The number of benzene rings is 2. The largest absolute Gasteiger partial charge is 0.491 e. The first-order chi connectivity index (χ1) is 27.7. The van der Waals surface area contributed by atoms with E-state index < -0.39 is 93.5 Å². The average Bonchev–Trinajstić information content (AvgIpc) is 4.02. The summed E-state index contributed by atoms with van der Waals surface area (Å²) in [6.45, 7) is -0.259. The minimum absolute atomic E-state index is 0.0105. The van der Waals surface area contributed by atoms with Gasteiger partial charge in [-0.15, -0.1) is 0 Å². The highest BCUT2D eigenvalue weighted by atomic mass is 32.2. The molecule has 2 aromatic carbocycles. The number of hydrogen-bond acceptors (Lipinski definition) is 10. The van der Waals surface area contributed by atoms with Gasteiger partial charge in [0.25, 0.3) is 5.91 Å². The predicted molar refractivity (Wildman–Crippen MR) is 202 cm³/mol. The van der Waals surface area contributed by atoms with Crippen LogP contribution >= 0.6 is 0 Å². The molecule has 6 aliphatic rings. The van der Waals surface area contributed by atoms with Gasteiger partial charge < -0.3 is 35.3 Å². The minimum atomic E-state index is -3.97. The minimum Gasteiger partial charge on any atom is -0.444 e. The monoisotopic (exact) mass is 824 g/mol. The van der Waals surface area contributed by atoms with Gasteiger partial charge in [0.2, 0.25) is 21.8 Å². The van der Waals surface area contributed by atoms with Crippen molar-refractivity contribution in [2.24, 2.45) is 5.92 Å². The lowest BCUT2D eigenvalue weighted by Gasteiger charge is -2.30. The highest BCUT2D eigenvalue weighted by Crippen LogP contribution is 2.46. The van der Waals surface area contributed by atoms with Gasteiger partial charge in [0.15, 0.2) is 0 Å². The second-order valence-electron chi connectivity index (χ2n) is 15.8. The van der Waals surface area contributed by atoms with Gasteiger partial charge in [-0.1, -0.05) is 37.1 Å². The molecule has 6 amide bonds. The molecule has 2 aliphatic carbocycles. The zero-order chi connectivity index (χ0) is 40.9. The van der Waals surface area contributed by atoms with Crippen molar-refractivity contribution in [3.05, 3.63) is 70.8 Å². The summed E-state index contributed by atoms with van der Waals surface area (Å²) in [5.74, 6) is -4.18. The van der Waals surface area contributed by atoms with E-state index in [9.17, 15) is 46.2 Å². The standard InChI is InChI=1S/C38H43BF2N6O10S/c40-28-9-6-7-21-17-46(19-26(21)28)37(52)57-24-14-32-33(48)44-38(35(50)45-58(54,55)25-11-12-25)16-23(38)8-4-2-1-3-5-10-30(34(49)47(32)18-24)42-36(51)43-31-15-27-22(13-29(31)41)20-56-39(27)53/h4,6-9,13,15,23-25,30,32,53H,1-3,5,10-12,14,16-20H2,(H,44,48)(H,45,50)(H2,42,43,51)/b8-4-/t23-,24-,30+,32?,38-/m1/s1. The molecule has 5 atom stereocenters. The lowest BCUT2D eigenvalue weighted by Crippen LogP contribution is -2.58. The Morgan fingerprint density at radius 1 is 1.03 bits per heavy atom. The fourth-order valence-corrected chi connectivity index (χ4v) is 9.60. The third-order valence-electron chi connectivity index (χ3n) is 11.7. The average molecular weight is 825 g/mol. The quantitative estimate of drug-likeness (QED) is 0.211. The molecule has 16 nitrogen and oxygen atoms in total. The van der Waals surface area contributed by atoms with Gasteiger partial charge in [0.05, 0.1) is 30.6 Å². The number of nitrogens with zero attached hydrogens (tertiary/aromatic N) is 2. The first kappa shape index (κ1) is 39.7. The number of rotatable bonds is 6. The first-order valence-electron chi connectivity index (χ1n) is 19.5. The van der Waals surface area contributed by atoms with Crippen molar-refractivity contribution < 1.29 is 55.6 Å². The van der Waals surface area contributed by atoms with Crippen molar-refractivity contribution in [3.8, 4) is 0 Å². The molecule has 58 heavy (non-hydrogen) atoms. The van der Waals surface area contributed by atoms with Crippen LogP contribution in [0.2, 0.25) is 0 Å². The van der Waals surface area contributed by atoms with Gasteiger partial charge >= 0.3 is 19.2 Å². The summed E-state index contributed by atoms with van der Waals surface area (Å²) in [6, 6.07) is 3.39. The van der Waals surface area contributed by atoms with E-state index in [2.05, 4.69) is 20.7 Å². The fourth-order valence-electron chi connectivity index (χ4n) is 8.23. The van der Waals surface area contributed by atoms with Crippen LogP contribution in [0.5, 0.6) is 0 Å². The van der Waals surface area contributed by atoms with Gasteiger partial charge in [-0.3, -0.25) is 24.0 Å². The smallest absolute Gasteiger partial charge is 0.444 e. The second-order valence-corrected chi connectivity index (χ2v) is 17.8. The summed E-state index contributed by atoms with van der Waals surface area (Å²) in [6.07, 6.45) is 5.01. The maximum atomic E-state index is 15.0. The topological polar surface area (TPSA) is 213 Å². The van der Waals surface area contributed by atoms with E-state index in [1.54, 1.807) is 12.1 Å². The number of anilines is 1. The second kappa shape index (κ2) is 15.6. The van der Waals surface area contributed by atoms with E-state index in [-0.39, 0.29) is 56.7 Å². The van der Waals surface area contributed by atoms with Crippen LogP contribution in [0.15, 0.2) is 42.5 Å². The molecule has 308 valence electrons. The van der Waals surface area contributed by atoms with Gasteiger partial charge in [-0.05, 0) is 73.3 Å². The van der Waals surface area contributed by atoms with E-state index in [1.165, 1.54) is 28.0 Å². The number of fused-ring (bicyclic) bond motifs is 4. The zero-order valence-corrected chi connectivity index (χ0v) is 32.2. The van der Waals surface area contributed by atoms with Gasteiger partial charge in [-0.2, -0.15) is 0 Å². The number of allylic oxidation sites excluding steroid dienone is 1. The molecule has 0 bridgehead atoms. The van der Waals surface area contributed by atoms with E-state index in [4.69, 9.17) is 9.39 Å². The first-order valence-corrected chi connectivity index (χ1v) is 21.0. The van der Waals surface area contributed by atoms with E-state index in [0.29, 0.717) is 55.2 Å². The van der Waals surface area contributed by atoms with Crippen LogP contribution < -0.4 is 26.1 Å². The van der Waals surface area contributed by atoms with E-state index in [1.807, 2.05) is 6.08 Å². The molecule has 4 aliphatic heterocycles. The van der Waals surface area contributed by atoms with Crippen molar-refractivity contribution in [1.82, 2.24) is 25.2 Å². The molecule has 8 rings (SSSR count). The van der Waals surface area contributed by atoms with Gasteiger partial charge in [-0.25, -0.2) is 26.8 Å². The van der Waals surface area contributed by atoms with Crippen molar-refractivity contribution in [1.29, 1.82) is 0 Å². The van der Waals surface area contributed by atoms with Crippen molar-refractivity contribution in [3.63, 3.8) is 0 Å². The van der Waals surface area contributed by atoms with Crippen LogP contribution in [0.1, 0.15) is 74.5 Å². The van der Waals surface area contributed by atoms with E-state index in [0.717, 1.165) is 6.07 Å². The molecule has 2 saturated carbocycles. The predicted octanol–water partition coefficient (Wildman–Crippen LogP) is 1.80. The van der Waals surface area contributed by atoms with E-state index >= 15 is 0 Å². The van der Waals surface area contributed by atoms with Crippen molar-refractivity contribution in [2.45, 2.75) is 106 Å². The van der Waals surface area contributed by atoms with Gasteiger partial charge in [0.1, 0.15) is 35.4 Å². The number of halogens is 2. The highest BCUT2D eigenvalue weighted by Gasteiger charge is 2.62. The van der Waals surface area contributed by atoms with Gasteiger partial charge in [0, 0.05) is 24.4 Å². The lowest BCUT2D eigenvalue weighted by atomic mass is 9.79. The summed E-state index contributed by atoms with van der Waals surface area (Å²) in [5, 5.41) is 17.2. The third-order valence-corrected chi connectivity index (χ3v) is 13.6. The van der Waals surface area contributed by atoms with Crippen LogP contribution in [-0.4, -0.2) is 95.7 Å². The highest BCUT2D eigenvalue weighted by molar-refractivity contribution is 7.91. The van der Waals surface area contributed by atoms with Crippen molar-refractivity contribution in [2.75, 3.05) is 11.9 Å². The maximum Gasteiger partial charge on any atom is 0.491 e. The Bertz CT molecular complexity index is 2190. The molecule has 3 fully saturated rings. The molecular weight excluding hydrogens is 781 g/mol. The summed E-state index contributed by atoms with van der Waals surface area (Å²) >= 11 is 0. The van der Waals surface area contributed by atoms with Crippen LogP contribution in [0.25, 0.3) is 0 Å². The lowest BCUT2D eigenvalue weighted by molar-refractivity contribution is -0.141. The SMILES string of the molecule is O=C(Nc1cc2c(cc1F)COB2O)N[C@H]1CCCCC/C=C\[C@@H]2C[C@@]2(C(=O)NS(=O)(=O)C2CC2)NC(=O)C2C[C@@H](OC(=O)N3Cc4cccc(F)c4C3)CN2C1=O. The van der Waals surface area contributed by atoms with Crippen LogP contribution in [-0.2, 0) is 53.5 Å². The Morgan fingerprint density at radius 3 is 2.62 bits per heavy atom. The third kappa shape index (κ3) is 8.00. The maximum absolute atomic E-state index is 15.0. The number of carbonyl (C=O) groups excluding carboxylic acids is 5. The number of sulfonamides is 1. The Morgan fingerprint density at radius 2 is 1.84 bits per heavy atom. The number of nitrogens with one attached hydrogen (secondary N) is 4. The molecule has 2 aromatic rings. The number of carbonyl (C=O) groups is 5. The van der Waals surface area contributed by atoms with Crippen molar-refractivity contribution >= 4 is 58.1 Å². The molecular formula is C38H43BF2N6O10S. The molecule has 1 saturated heterocycles. The molecule has 5 N–H and O–H groups in total. The number of urea groups is 1. The molecule has 0 aromatic heterocycles. The summed E-state index contributed by atoms with van der Waals surface area (Å²) in [5.41, 5.74) is -0.232. The number of ether oxygens (including phenoxy) is 1. The summed E-state index contributed by atoms with van der Waals surface area (Å²) in [7, 11) is -5.28. The van der Waals surface area contributed by atoms with Crippen LogP contribution in [0.4, 0.5) is 24.1 Å². The normalized spacial score (nSPS) is 27.5.